The summed E-state index contributed by atoms with van der Waals surface area (Å²) in [4.78, 5) is 16.2. The largest absolute Gasteiger partial charge is 0.387 e. The van der Waals surface area contributed by atoms with Crippen molar-refractivity contribution in [1.29, 1.82) is 0 Å². The molecule has 0 aliphatic rings. The van der Waals surface area contributed by atoms with Crippen LogP contribution < -0.4 is 5.56 Å². The fourth-order valence-corrected chi connectivity index (χ4v) is 2.46. The van der Waals surface area contributed by atoms with Gasteiger partial charge in [0.15, 0.2) is 0 Å². The second-order valence-corrected chi connectivity index (χ2v) is 5.27. The van der Waals surface area contributed by atoms with Gasteiger partial charge in [0, 0.05) is 11.8 Å². The van der Waals surface area contributed by atoms with Crippen LogP contribution in [0.1, 0.15) is 34.3 Å². The molecule has 20 heavy (non-hydrogen) atoms. The van der Waals surface area contributed by atoms with Crippen LogP contribution in [0.5, 0.6) is 0 Å². The lowest BCUT2D eigenvalue weighted by Gasteiger charge is -2.17. The molecule has 1 N–H and O–H groups in total. The van der Waals surface area contributed by atoms with E-state index in [-0.39, 0.29) is 12.1 Å². The van der Waals surface area contributed by atoms with Gasteiger partial charge in [-0.15, -0.1) is 0 Å². The highest BCUT2D eigenvalue weighted by molar-refractivity contribution is 5.32. The fourth-order valence-electron chi connectivity index (χ4n) is 2.46. The maximum Gasteiger partial charge on any atom is 0.253 e. The predicted octanol–water partition coefficient (Wildman–Crippen LogP) is 2.21. The number of nitrogens with zero attached hydrogens (tertiary/aromatic N) is 2. The Bertz CT molecular complexity index is 689. The monoisotopic (exact) mass is 272 g/mol. The molecular weight excluding hydrogens is 252 g/mol. The lowest BCUT2D eigenvalue weighted by atomic mass is 10.0. The quantitative estimate of drug-likeness (QED) is 0.932. The van der Waals surface area contributed by atoms with E-state index < -0.39 is 6.10 Å². The first kappa shape index (κ1) is 14.5. The molecule has 0 saturated heterocycles. The van der Waals surface area contributed by atoms with Crippen LogP contribution in [0.15, 0.2) is 29.1 Å². The van der Waals surface area contributed by atoms with Crippen molar-refractivity contribution in [3.05, 3.63) is 62.8 Å². The van der Waals surface area contributed by atoms with Crippen molar-refractivity contribution in [2.75, 3.05) is 0 Å². The minimum Gasteiger partial charge on any atom is -0.387 e. The molecule has 0 bridgehead atoms. The van der Waals surface area contributed by atoms with Crippen LogP contribution in [0.3, 0.4) is 0 Å². The van der Waals surface area contributed by atoms with Gasteiger partial charge in [0.25, 0.3) is 5.56 Å². The molecule has 2 aromatic rings. The van der Waals surface area contributed by atoms with Crippen LogP contribution >= 0.6 is 0 Å². The summed E-state index contributed by atoms with van der Waals surface area (Å²) in [5.74, 6) is 0.624. The molecule has 4 heteroatoms. The lowest BCUT2D eigenvalue weighted by molar-refractivity contribution is 0.153. The minimum absolute atomic E-state index is 0.126. The Morgan fingerprint density at radius 3 is 2.50 bits per heavy atom. The molecule has 1 heterocycles. The second-order valence-electron chi connectivity index (χ2n) is 5.27. The molecular formula is C16H20N2O2. The van der Waals surface area contributed by atoms with E-state index in [0.717, 1.165) is 16.7 Å². The van der Waals surface area contributed by atoms with Gasteiger partial charge in [-0.05, 0) is 38.8 Å². The molecule has 2 rings (SSSR count). The molecule has 0 aliphatic carbocycles. The maximum atomic E-state index is 12.0. The van der Waals surface area contributed by atoms with Crippen LogP contribution in [0.2, 0.25) is 0 Å². The van der Waals surface area contributed by atoms with Crippen LogP contribution in [0.4, 0.5) is 0 Å². The number of hydrogen-bond acceptors (Lipinski definition) is 3. The molecule has 0 amide bonds. The normalized spacial score (nSPS) is 12.4. The summed E-state index contributed by atoms with van der Waals surface area (Å²) in [6.07, 6.45) is -0.712. The van der Waals surface area contributed by atoms with Gasteiger partial charge in [-0.25, -0.2) is 4.98 Å². The van der Waals surface area contributed by atoms with Gasteiger partial charge in [-0.2, -0.15) is 0 Å². The summed E-state index contributed by atoms with van der Waals surface area (Å²) in [7, 11) is 0. The smallest absolute Gasteiger partial charge is 0.253 e. The van der Waals surface area contributed by atoms with Crippen molar-refractivity contribution in [1.82, 2.24) is 9.55 Å². The molecule has 1 aromatic carbocycles. The molecule has 0 saturated carbocycles. The summed E-state index contributed by atoms with van der Waals surface area (Å²) in [5, 5.41) is 10.4. The highest BCUT2D eigenvalue weighted by Gasteiger charge is 2.13. The summed E-state index contributed by atoms with van der Waals surface area (Å²) in [6.45, 7) is 7.78. The molecule has 1 atom stereocenters. The Kier molecular flexibility index (Phi) is 4.04. The molecule has 1 aromatic heterocycles. The average Bonchev–Trinajstić information content (AvgIpc) is 2.33. The number of aliphatic hydroxyl groups is 1. The van der Waals surface area contributed by atoms with Crippen LogP contribution in [0.25, 0.3) is 0 Å². The number of aliphatic hydroxyl groups excluding tert-OH is 1. The van der Waals surface area contributed by atoms with Crippen molar-refractivity contribution in [2.24, 2.45) is 0 Å². The number of aryl methyl sites for hydroxylation is 4. The number of benzene rings is 1. The van der Waals surface area contributed by atoms with Crippen LogP contribution in [-0.4, -0.2) is 14.7 Å². The van der Waals surface area contributed by atoms with E-state index in [1.807, 2.05) is 32.0 Å². The van der Waals surface area contributed by atoms with Gasteiger partial charge in [0.05, 0.1) is 12.6 Å². The molecule has 4 nitrogen and oxygen atoms in total. The number of rotatable bonds is 3. The number of aromatic nitrogens is 2. The van der Waals surface area contributed by atoms with Gasteiger partial charge < -0.3 is 5.11 Å². The first-order valence-electron chi connectivity index (χ1n) is 6.69. The predicted molar refractivity (Wildman–Crippen MR) is 78.8 cm³/mol. The van der Waals surface area contributed by atoms with Crippen molar-refractivity contribution in [3.63, 3.8) is 0 Å². The van der Waals surface area contributed by atoms with E-state index in [1.54, 1.807) is 13.8 Å². The van der Waals surface area contributed by atoms with Gasteiger partial charge in [-0.3, -0.25) is 9.36 Å². The first-order valence-corrected chi connectivity index (χ1v) is 6.69. The van der Waals surface area contributed by atoms with E-state index in [9.17, 15) is 9.90 Å². The third kappa shape index (κ3) is 2.96. The summed E-state index contributed by atoms with van der Waals surface area (Å²) in [6, 6.07) is 7.40. The van der Waals surface area contributed by atoms with Crippen molar-refractivity contribution in [3.8, 4) is 0 Å². The zero-order chi connectivity index (χ0) is 14.9. The van der Waals surface area contributed by atoms with Gasteiger partial charge in [-0.1, -0.05) is 23.8 Å². The van der Waals surface area contributed by atoms with E-state index >= 15 is 0 Å². The summed E-state index contributed by atoms with van der Waals surface area (Å²) >= 11 is 0. The second kappa shape index (κ2) is 5.59. The minimum atomic E-state index is -0.712. The maximum absolute atomic E-state index is 12.0. The van der Waals surface area contributed by atoms with Gasteiger partial charge >= 0.3 is 0 Å². The molecule has 0 radical (unpaired) electrons. The zero-order valence-corrected chi connectivity index (χ0v) is 12.3. The van der Waals surface area contributed by atoms with E-state index in [4.69, 9.17) is 0 Å². The molecule has 1 unspecified atom stereocenters. The average molecular weight is 272 g/mol. The summed E-state index contributed by atoms with van der Waals surface area (Å²) in [5.41, 5.74) is 3.61. The summed E-state index contributed by atoms with van der Waals surface area (Å²) < 4.78 is 1.51. The van der Waals surface area contributed by atoms with Crippen LogP contribution in [-0.2, 0) is 6.54 Å². The number of hydrogen-bond donors (Lipinski definition) is 1. The molecule has 106 valence electrons. The molecule has 0 fully saturated rings. The van der Waals surface area contributed by atoms with Crippen molar-refractivity contribution in [2.45, 2.75) is 40.3 Å². The third-order valence-electron chi connectivity index (χ3n) is 3.47. The Balaban J connectivity index is 2.33. The van der Waals surface area contributed by atoms with Crippen molar-refractivity contribution >= 4 is 0 Å². The fraction of sp³-hybridized carbons (Fsp3) is 0.375. The third-order valence-corrected chi connectivity index (χ3v) is 3.47. The Labute approximate surface area is 118 Å². The highest BCUT2D eigenvalue weighted by Crippen LogP contribution is 2.20. The van der Waals surface area contributed by atoms with E-state index in [1.165, 1.54) is 10.6 Å². The standard InChI is InChI=1S/C16H20N2O2/c1-10-5-6-14(11(2)7-10)15(19)9-18-13(4)17-12(3)8-16(18)20/h5-8,15,19H,9H2,1-4H3. The SMILES string of the molecule is Cc1ccc(C(O)Cn2c(C)nc(C)cc2=O)c(C)c1. The topological polar surface area (TPSA) is 55.1 Å². The highest BCUT2D eigenvalue weighted by atomic mass is 16.3. The Morgan fingerprint density at radius 2 is 1.90 bits per heavy atom. The Morgan fingerprint density at radius 1 is 1.20 bits per heavy atom. The zero-order valence-electron chi connectivity index (χ0n) is 12.3. The molecule has 0 spiro atoms. The Hall–Kier alpha value is -1.94. The van der Waals surface area contributed by atoms with Crippen molar-refractivity contribution < 1.29 is 5.11 Å². The van der Waals surface area contributed by atoms with Gasteiger partial charge in [0.1, 0.15) is 5.82 Å². The first-order chi connectivity index (χ1) is 9.38. The lowest BCUT2D eigenvalue weighted by Crippen LogP contribution is -2.26. The van der Waals surface area contributed by atoms with Crippen LogP contribution in [0, 0.1) is 27.7 Å². The molecule has 0 aliphatic heterocycles. The van der Waals surface area contributed by atoms with Gasteiger partial charge in [0.2, 0.25) is 0 Å². The van der Waals surface area contributed by atoms with E-state index in [0.29, 0.717) is 11.5 Å². The van der Waals surface area contributed by atoms with E-state index in [2.05, 4.69) is 4.98 Å².